The highest BCUT2D eigenvalue weighted by molar-refractivity contribution is 5.01. The van der Waals surface area contributed by atoms with Crippen LogP contribution >= 0.6 is 0 Å². The van der Waals surface area contributed by atoms with Gasteiger partial charge in [0.05, 0.1) is 0 Å². The molecule has 0 fully saturated rings. The molecule has 0 aliphatic heterocycles. The van der Waals surface area contributed by atoms with Gasteiger partial charge in [0.1, 0.15) is 0 Å². The lowest BCUT2D eigenvalue weighted by atomic mass is 9.80. The Bertz CT molecular complexity index is 442. The molecule has 0 saturated heterocycles. The van der Waals surface area contributed by atoms with Crippen molar-refractivity contribution in [3.8, 4) is 0 Å². The molecule has 0 spiro atoms. The Labute approximate surface area is 163 Å². The second-order valence-corrected chi connectivity index (χ2v) is 7.07. The Hall–Kier alpha value is -0.980. The van der Waals surface area contributed by atoms with E-state index < -0.39 is 67.6 Å². The molecule has 0 aromatic carbocycles. The largest absolute Gasteiger partial charge is 0.431 e. The summed E-state index contributed by atoms with van der Waals surface area (Å²) in [6.45, 7) is 1.72. The Morgan fingerprint density at radius 2 is 0.767 bits per heavy atom. The Balaban J connectivity index is 5.98. The van der Waals surface area contributed by atoms with Crippen LogP contribution in [0.25, 0.3) is 0 Å². The van der Waals surface area contributed by atoms with Gasteiger partial charge < -0.3 is 0 Å². The third-order valence-electron chi connectivity index (χ3n) is 4.65. The van der Waals surface area contributed by atoms with E-state index in [2.05, 4.69) is 0 Å². The molecule has 0 unspecified atom stereocenters. The van der Waals surface area contributed by atoms with Crippen LogP contribution in [0.15, 0.2) is 0 Å². The molecule has 0 saturated carbocycles. The first kappa shape index (κ1) is 29.0. The fraction of sp³-hybridized carbons (Fsp3) is 1.00. The average molecular weight is 478 g/mol. The predicted molar refractivity (Wildman–Crippen MR) is 78.0 cm³/mol. The van der Waals surface area contributed by atoms with Gasteiger partial charge in [-0.3, -0.25) is 0 Å². The molecule has 0 aromatic rings. The molecule has 14 heteroatoms. The highest BCUT2D eigenvalue weighted by Gasteiger charge is 2.75. The number of rotatable bonds is 10. The van der Waals surface area contributed by atoms with E-state index in [9.17, 15) is 61.5 Å². The van der Waals surface area contributed by atoms with Crippen molar-refractivity contribution in [1.29, 1.82) is 0 Å². The molecule has 182 valence electrons. The standard InChI is InChI=1S/C16H20F14/c1-2-3-4-5-6-7-10(8-11(17,13(19,20)21)14(22,23)24)9-12(18,15(25,26)27)16(28,29)30/h10H,2-9H2,1H3. The van der Waals surface area contributed by atoms with E-state index in [4.69, 9.17) is 0 Å². The van der Waals surface area contributed by atoms with Gasteiger partial charge in [-0.15, -0.1) is 0 Å². The minimum absolute atomic E-state index is 0.0407. The van der Waals surface area contributed by atoms with E-state index in [1.165, 1.54) is 0 Å². The molecule has 0 aliphatic rings. The molecule has 0 aliphatic carbocycles. The number of hydrogen-bond acceptors (Lipinski definition) is 0. The molecule has 0 amide bonds. The van der Waals surface area contributed by atoms with Gasteiger partial charge in [-0.2, -0.15) is 52.7 Å². The van der Waals surface area contributed by atoms with Crippen molar-refractivity contribution >= 4 is 0 Å². The first-order valence-electron chi connectivity index (χ1n) is 8.78. The maximum Gasteiger partial charge on any atom is 0.431 e. The Morgan fingerprint density at radius 3 is 1.03 bits per heavy atom. The van der Waals surface area contributed by atoms with Gasteiger partial charge in [0.2, 0.25) is 0 Å². The molecule has 0 rings (SSSR count). The molecule has 30 heavy (non-hydrogen) atoms. The Kier molecular flexibility index (Phi) is 9.34. The zero-order chi connectivity index (χ0) is 24.2. The third kappa shape index (κ3) is 6.76. The van der Waals surface area contributed by atoms with Crippen LogP contribution in [0.3, 0.4) is 0 Å². The van der Waals surface area contributed by atoms with Crippen molar-refractivity contribution in [1.82, 2.24) is 0 Å². The molecule has 0 N–H and O–H groups in total. The first-order chi connectivity index (χ1) is 13.1. The second-order valence-electron chi connectivity index (χ2n) is 7.07. The predicted octanol–water partition coefficient (Wildman–Crippen LogP) is 8.41. The molecular formula is C16H20F14. The molecule has 0 bridgehead atoms. The maximum atomic E-state index is 13.9. The minimum Gasteiger partial charge on any atom is -0.224 e. The normalized spacial score (nSPS) is 15.2. The summed E-state index contributed by atoms with van der Waals surface area (Å²) in [6.07, 6.45) is -32.3. The fourth-order valence-corrected chi connectivity index (χ4v) is 2.89. The van der Waals surface area contributed by atoms with Gasteiger partial charge in [-0.1, -0.05) is 45.4 Å². The summed E-state index contributed by atoms with van der Waals surface area (Å²) in [5.74, 6) is -2.84. The highest BCUT2D eigenvalue weighted by atomic mass is 19.4. The van der Waals surface area contributed by atoms with Crippen molar-refractivity contribution in [2.24, 2.45) is 5.92 Å². The number of halogens is 14. The summed E-state index contributed by atoms with van der Waals surface area (Å²) in [4.78, 5) is 0. The number of alkyl halides is 14. The van der Waals surface area contributed by atoms with E-state index in [1.54, 1.807) is 6.92 Å². The fourth-order valence-electron chi connectivity index (χ4n) is 2.89. The number of hydrogen-bond donors (Lipinski definition) is 0. The zero-order valence-electron chi connectivity index (χ0n) is 15.5. The van der Waals surface area contributed by atoms with Crippen molar-refractivity contribution in [3.63, 3.8) is 0 Å². The SMILES string of the molecule is CCCCCCCC(CC(F)(C(F)(F)F)C(F)(F)F)CC(F)(C(F)(F)F)C(F)(F)F. The van der Waals surface area contributed by atoms with Crippen LogP contribution in [0.2, 0.25) is 0 Å². The molecule has 0 heterocycles. The van der Waals surface area contributed by atoms with Crippen molar-refractivity contribution in [2.45, 2.75) is 94.3 Å². The van der Waals surface area contributed by atoms with E-state index in [-0.39, 0.29) is 6.42 Å². The minimum atomic E-state index is -6.68. The van der Waals surface area contributed by atoms with Gasteiger partial charge in [-0.25, -0.2) is 8.78 Å². The van der Waals surface area contributed by atoms with E-state index in [1.807, 2.05) is 0 Å². The lowest BCUT2D eigenvalue weighted by Gasteiger charge is -2.37. The topological polar surface area (TPSA) is 0 Å². The summed E-state index contributed by atoms with van der Waals surface area (Å²) < 4.78 is 180. The van der Waals surface area contributed by atoms with Gasteiger partial charge >= 0.3 is 24.7 Å². The van der Waals surface area contributed by atoms with Crippen LogP contribution in [0.5, 0.6) is 0 Å². The molecule has 0 nitrogen and oxygen atoms in total. The summed E-state index contributed by atoms with van der Waals surface area (Å²) >= 11 is 0. The highest BCUT2D eigenvalue weighted by Crippen LogP contribution is 2.55. The first-order valence-corrected chi connectivity index (χ1v) is 8.78. The quantitative estimate of drug-likeness (QED) is 0.219. The van der Waals surface area contributed by atoms with Crippen LogP contribution in [0, 0.1) is 5.92 Å². The van der Waals surface area contributed by atoms with Gasteiger partial charge in [0.15, 0.2) is 0 Å². The van der Waals surface area contributed by atoms with Crippen molar-refractivity contribution < 1.29 is 61.5 Å². The maximum absolute atomic E-state index is 13.9. The number of unbranched alkanes of at least 4 members (excludes halogenated alkanes) is 4. The van der Waals surface area contributed by atoms with Crippen LogP contribution in [0.1, 0.15) is 58.3 Å². The van der Waals surface area contributed by atoms with Crippen molar-refractivity contribution in [2.75, 3.05) is 0 Å². The summed E-state index contributed by atoms with van der Waals surface area (Å²) in [6, 6.07) is 0. The third-order valence-corrected chi connectivity index (χ3v) is 4.65. The zero-order valence-corrected chi connectivity index (χ0v) is 15.5. The van der Waals surface area contributed by atoms with Gasteiger partial charge in [-0.05, 0) is 5.92 Å². The lowest BCUT2D eigenvalue weighted by Crippen LogP contribution is -2.57. The van der Waals surface area contributed by atoms with E-state index in [0.717, 1.165) is 0 Å². The van der Waals surface area contributed by atoms with Crippen LogP contribution < -0.4 is 0 Å². The second kappa shape index (κ2) is 9.66. The van der Waals surface area contributed by atoms with Gasteiger partial charge in [0, 0.05) is 12.8 Å². The van der Waals surface area contributed by atoms with E-state index >= 15 is 0 Å². The monoisotopic (exact) mass is 478 g/mol. The summed E-state index contributed by atoms with van der Waals surface area (Å²) in [5, 5.41) is 0. The molecule has 0 radical (unpaired) electrons. The molecular weight excluding hydrogens is 458 g/mol. The summed E-state index contributed by atoms with van der Waals surface area (Å²) in [5.41, 5.74) is -12.2. The van der Waals surface area contributed by atoms with Crippen LogP contribution in [-0.4, -0.2) is 36.0 Å². The van der Waals surface area contributed by atoms with Crippen LogP contribution in [0.4, 0.5) is 61.5 Å². The average Bonchev–Trinajstić information content (AvgIpc) is 2.49. The molecule has 0 aromatic heterocycles. The lowest BCUT2D eigenvalue weighted by molar-refractivity contribution is -0.356. The molecule has 0 atom stereocenters. The van der Waals surface area contributed by atoms with Crippen molar-refractivity contribution in [3.05, 3.63) is 0 Å². The van der Waals surface area contributed by atoms with E-state index in [0.29, 0.717) is 19.3 Å². The Morgan fingerprint density at radius 1 is 0.467 bits per heavy atom. The van der Waals surface area contributed by atoms with Crippen LogP contribution in [-0.2, 0) is 0 Å². The van der Waals surface area contributed by atoms with Gasteiger partial charge in [0.25, 0.3) is 11.3 Å². The smallest absolute Gasteiger partial charge is 0.224 e. The summed E-state index contributed by atoms with van der Waals surface area (Å²) in [7, 11) is 0.